The van der Waals surface area contributed by atoms with E-state index >= 15 is 0 Å². The van der Waals surface area contributed by atoms with Crippen LogP contribution in [0, 0.1) is 25.7 Å². The predicted molar refractivity (Wildman–Crippen MR) is 157 cm³/mol. The van der Waals surface area contributed by atoms with Crippen molar-refractivity contribution < 1.29 is 24.3 Å². The topological polar surface area (TPSA) is 134 Å². The van der Waals surface area contributed by atoms with Crippen molar-refractivity contribution in [3.63, 3.8) is 0 Å². The summed E-state index contributed by atoms with van der Waals surface area (Å²) in [7, 11) is 0. The quantitative estimate of drug-likeness (QED) is 0.162. The summed E-state index contributed by atoms with van der Waals surface area (Å²) in [5, 5.41) is 13.4. The minimum Gasteiger partial charge on any atom is -0.489 e. The van der Waals surface area contributed by atoms with Gasteiger partial charge in [0, 0.05) is 46.7 Å². The molecule has 11 heteroatoms. The average molecular weight is 588 g/mol. The van der Waals surface area contributed by atoms with E-state index in [-0.39, 0.29) is 36.5 Å². The lowest BCUT2D eigenvalue weighted by molar-refractivity contribution is -0.141. The molecular weight excluding hydrogens is 558 g/mol. The van der Waals surface area contributed by atoms with Crippen molar-refractivity contribution in [2.75, 3.05) is 18.4 Å². The van der Waals surface area contributed by atoms with Gasteiger partial charge in [-0.1, -0.05) is 29.8 Å². The molecule has 42 heavy (non-hydrogen) atoms. The Kier molecular flexibility index (Phi) is 8.65. The van der Waals surface area contributed by atoms with Crippen LogP contribution >= 0.6 is 11.6 Å². The van der Waals surface area contributed by atoms with Gasteiger partial charge in [-0.2, -0.15) is 0 Å². The van der Waals surface area contributed by atoms with Crippen molar-refractivity contribution >= 4 is 45.9 Å². The molecule has 1 saturated heterocycles. The fourth-order valence-corrected chi connectivity index (χ4v) is 5.53. The minimum absolute atomic E-state index is 0.0434. The normalized spacial score (nSPS) is 16.6. The zero-order valence-corrected chi connectivity index (χ0v) is 23.9. The highest BCUT2D eigenvalue weighted by molar-refractivity contribution is 6.29. The number of carbonyl (C=O) groups excluding carboxylic acids is 3. The van der Waals surface area contributed by atoms with Crippen LogP contribution in [0.2, 0.25) is 5.15 Å². The highest BCUT2D eigenvalue weighted by atomic mass is 35.5. The maximum absolute atomic E-state index is 13.2. The number of anilines is 1. The number of fused-ring (bicyclic) bond motifs is 1. The van der Waals surface area contributed by atoms with Gasteiger partial charge >= 0.3 is 0 Å². The molecule has 1 aliphatic rings. The summed E-state index contributed by atoms with van der Waals surface area (Å²) >= 11 is 6.02. The molecule has 1 aliphatic heterocycles. The van der Waals surface area contributed by atoms with Gasteiger partial charge in [0.1, 0.15) is 17.5 Å². The molecule has 1 fully saturated rings. The van der Waals surface area contributed by atoms with Gasteiger partial charge in [0.2, 0.25) is 11.8 Å². The monoisotopic (exact) mass is 587 g/mol. The number of nitrogens with one attached hydrogen (secondary N) is 2. The first-order valence-electron chi connectivity index (χ1n) is 13.5. The molecule has 0 bridgehead atoms. The number of nitrogens with zero attached hydrogens (tertiary/aromatic N) is 3. The first-order chi connectivity index (χ1) is 20.2. The molecule has 4 aromatic rings. The van der Waals surface area contributed by atoms with Crippen LogP contribution in [-0.2, 0) is 16.2 Å². The molecule has 1 unspecified atom stereocenters. The molecule has 0 radical (unpaired) electrons. The number of para-hydroxylation sites is 1. The standard InChI is InChI=1S/C31H30ClN5O5/c1-18-14-21(24-5-3-4-6-27(24)33-18)17-42-23-9-7-22(8-10-23)35-29(38)25-11-12-37(16-26(25)30(39)36-41)31(40)20-13-19(2)34-28(32)15-20/h3-10,13-15,25-26,41H,11-12,16-17H2,1-2H3,(H,35,38)(H,36,39)/t25?,26-/m0/s1. The second kappa shape index (κ2) is 12.5. The maximum atomic E-state index is 13.2. The average Bonchev–Trinajstić information content (AvgIpc) is 2.98. The SMILES string of the molecule is Cc1cc(C(=O)N2CCC(C(=O)Nc3ccc(OCc4cc(C)nc5ccccc45)cc3)[C@@H](C(=O)NO)C2)cc(Cl)n1. The molecule has 5 rings (SSSR count). The van der Waals surface area contributed by atoms with Gasteiger partial charge in [0.25, 0.3) is 5.91 Å². The Balaban J connectivity index is 1.23. The number of benzene rings is 2. The summed E-state index contributed by atoms with van der Waals surface area (Å²) in [5.41, 5.74) is 5.94. The lowest BCUT2D eigenvalue weighted by Crippen LogP contribution is -2.52. The highest BCUT2D eigenvalue weighted by Crippen LogP contribution is 2.28. The number of rotatable bonds is 7. The predicted octanol–water partition coefficient (Wildman–Crippen LogP) is 4.70. The summed E-state index contributed by atoms with van der Waals surface area (Å²) in [6.45, 7) is 4.24. The first-order valence-corrected chi connectivity index (χ1v) is 13.9. The Morgan fingerprint density at radius 3 is 2.45 bits per heavy atom. The zero-order valence-electron chi connectivity index (χ0n) is 23.1. The zero-order chi connectivity index (χ0) is 29.8. The number of carbonyl (C=O) groups is 3. The van der Waals surface area contributed by atoms with E-state index in [4.69, 9.17) is 16.3 Å². The molecule has 216 valence electrons. The Morgan fingerprint density at radius 1 is 0.976 bits per heavy atom. The third kappa shape index (κ3) is 6.50. The Morgan fingerprint density at radius 2 is 1.71 bits per heavy atom. The van der Waals surface area contributed by atoms with Crippen LogP contribution in [0.5, 0.6) is 5.75 Å². The second-order valence-corrected chi connectivity index (χ2v) is 10.7. The van der Waals surface area contributed by atoms with Crippen LogP contribution in [0.15, 0.2) is 66.7 Å². The molecule has 2 aromatic carbocycles. The summed E-state index contributed by atoms with van der Waals surface area (Å²) in [4.78, 5) is 49.0. The highest BCUT2D eigenvalue weighted by Gasteiger charge is 2.40. The number of aromatic nitrogens is 2. The molecule has 3 amide bonds. The number of likely N-dealkylation sites (tertiary alicyclic amines) is 1. The van der Waals surface area contributed by atoms with Crippen LogP contribution in [0.25, 0.3) is 10.9 Å². The number of aryl methyl sites for hydroxylation is 2. The number of halogens is 1. The molecule has 0 aliphatic carbocycles. The first kappa shape index (κ1) is 29.0. The molecule has 0 saturated carbocycles. The van der Waals surface area contributed by atoms with Crippen LogP contribution in [0.3, 0.4) is 0 Å². The Hall–Kier alpha value is -4.54. The van der Waals surface area contributed by atoms with Gasteiger partial charge in [0.15, 0.2) is 0 Å². The smallest absolute Gasteiger partial charge is 0.254 e. The lowest BCUT2D eigenvalue weighted by Gasteiger charge is -2.36. The fraction of sp³-hybridized carbons (Fsp3) is 0.258. The lowest BCUT2D eigenvalue weighted by atomic mass is 9.83. The minimum atomic E-state index is -0.952. The number of hydrogen-bond donors (Lipinski definition) is 3. The number of hydroxylamine groups is 1. The van der Waals surface area contributed by atoms with Crippen molar-refractivity contribution in [3.8, 4) is 5.75 Å². The van der Waals surface area contributed by atoms with Crippen LogP contribution in [-0.4, -0.2) is 50.9 Å². The van der Waals surface area contributed by atoms with E-state index in [1.807, 2.05) is 37.3 Å². The van der Waals surface area contributed by atoms with Gasteiger partial charge in [0.05, 0.1) is 17.4 Å². The maximum Gasteiger partial charge on any atom is 0.254 e. The number of ether oxygens (including phenoxy) is 1. The molecular formula is C31H30ClN5O5. The van der Waals surface area contributed by atoms with Crippen molar-refractivity contribution in [2.24, 2.45) is 11.8 Å². The Bertz CT molecular complexity index is 1620. The van der Waals surface area contributed by atoms with Crippen molar-refractivity contribution in [3.05, 3.63) is 94.4 Å². The van der Waals surface area contributed by atoms with Crippen LogP contribution in [0.1, 0.15) is 33.7 Å². The largest absolute Gasteiger partial charge is 0.489 e. The van der Waals surface area contributed by atoms with E-state index in [9.17, 15) is 19.6 Å². The molecule has 3 heterocycles. The van der Waals surface area contributed by atoms with Gasteiger partial charge < -0.3 is 15.0 Å². The molecule has 2 aromatic heterocycles. The van der Waals surface area contributed by atoms with E-state index in [1.165, 1.54) is 11.0 Å². The molecule has 10 nitrogen and oxygen atoms in total. The Labute approximate surface area is 247 Å². The summed E-state index contributed by atoms with van der Waals surface area (Å²) in [6, 6.07) is 19.9. The number of piperidine rings is 1. The third-order valence-electron chi connectivity index (χ3n) is 7.30. The van der Waals surface area contributed by atoms with Crippen molar-refractivity contribution in [1.82, 2.24) is 20.3 Å². The van der Waals surface area contributed by atoms with Crippen LogP contribution < -0.4 is 15.5 Å². The molecule has 3 N–H and O–H groups in total. The van der Waals surface area contributed by atoms with Crippen LogP contribution in [0.4, 0.5) is 5.69 Å². The van der Waals surface area contributed by atoms with Crippen molar-refractivity contribution in [1.29, 1.82) is 0 Å². The molecule has 0 spiro atoms. The number of hydrogen-bond acceptors (Lipinski definition) is 7. The summed E-state index contributed by atoms with van der Waals surface area (Å²) in [6.07, 6.45) is 0.230. The van der Waals surface area contributed by atoms with E-state index in [0.717, 1.165) is 22.2 Å². The van der Waals surface area contributed by atoms with E-state index in [1.54, 1.807) is 42.7 Å². The third-order valence-corrected chi connectivity index (χ3v) is 7.49. The van der Waals surface area contributed by atoms with E-state index in [2.05, 4.69) is 15.3 Å². The summed E-state index contributed by atoms with van der Waals surface area (Å²) in [5.74, 6) is -2.54. The molecule has 2 atom stereocenters. The van der Waals surface area contributed by atoms with Gasteiger partial charge in [-0.15, -0.1) is 0 Å². The fourth-order valence-electron chi connectivity index (χ4n) is 5.28. The van der Waals surface area contributed by atoms with E-state index < -0.39 is 17.7 Å². The van der Waals surface area contributed by atoms with Gasteiger partial charge in [-0.05, 0) is 68.8 Å². The van der Waals surface area contributed by atoms with Crippen molar-refractivity contribution in [2.45, 2.75) is 26.9 Å². The summed E-state index contributed by atoms with van der Waals surface area (Å²) < 4.78 is 6.01. The number of pyridine rings is 2. The second-order valence-electron chi connectivity index (χ2n) is 10.3. The van der Waals surface area contributed by atoms with E-state index in [0.29, 0.717) is 29.3 Å². The number of amides is 3. The van der Waals surface area contributed by atoms with Gasteiger partial charge in [-0.25, -0.2) is 10.5 Å². The van der Waals surface area contributed by atoms with Gasteiger partial charge in [-0.3, -0.25) is 24.6 Å².